The van der Waals surface area contributed by atoms with Gasteiger partial charge >= 0.3 is 17.9 Å². The van der Waals surface area contributed by atoms with E-state index in [-0.39, 0.29) is 32.7 Å². The number of unbranched alkanes of at least 4 members (excludes halogenated alkanes) is 7. The average Bonchev–Trinajstić information content (AvgIpc) is 3.38. The Labute approximate surface area is 457 Å². The van der Waals surface area contributed by atoms with Gasteiger partial charge in [-0.15, -0.1) is 0 Å². The van der Waals surface area contributed by atoms with Gasteiger partial charge < -0.3 is 28.5 Å². The number of carbonyl (C=O) groups excluding carboxylic acids is 2. The van der Waals surface area contributed by atoms with Crippen LogP contribution in [-0.4, -0.2) is 87.4 Å². The van der Waals surface area contributed by atoms with Gasteiger partial charge in [-0.3, -0.25) is 9.59 Å². The summed E-state index contributed by atoms with van der Waals surface area (Å²) >= 11 is 0. The molecular formula is C66H102NO8+. The van der Waals surface area contributed by atoms with Crippen molar-refractivity contribution in [2.45, 2.75) is 180 Å². The molecule has 75 heavy (non-hydrogen) atoms. The first kappa shape index (κ1) is 69.7. The first-order chi connectivity index (χ1) is 36.6. The molecule has 2 atom stereocenters. The van der Waals surface area contributed by atoms with Crippen molar-refractivity contribution in [1.29, 1.82) is 0 Å². The highest BCUT2D eigenvalue weighted by atomic mass is 16.7. The van der Waals surface area contributed by atoms with E-state index in [1.54, 1.807) is 6.08 Å². The monoisotopic (exact) mass is 1040 g/mol. The van der Waals surface area contributed by atoms with Crippen LogP contribution >= 0.6 is 0 Å². The van der Waals surface area contributed by atoms with E-state index in [0.717, 1.165) is 116 Å². The van der Waals surface area contributed by atoms with Crippen LogP contribution in [0.15, 0.2) is 170 Å². The molecule has 0 aromatic carbocycles. The predicted octanol–water partition coefficient (Wildman–Crippen LogP) is 16.8. The molecule has 0 rings (SSSR count). The van der Waals surface area contributed by atoms with Crippen molar-refractivity contribution in [1.82, 2.24) is 0 Å². The number of quaternary nitrogens is 1. The summed E-state index contributed by atoms with van der Waals surface area (Å²) in [4.78, 5) is 37.3. The fraction of sp³-hybridized carbons (Fsp3) is 0.530. The number of likely N-dealkylation sites (N-methyl/N-ethyl adjacent to an activating group) is 1. The fourth-order valence-electron chi connectivity index (χ4n) is 6.72. The van der Waals surface area contributed by atoms with E-state index in [1.165, 1.54) is 12.8 Å². The highest BCUT2D eigenvalue weighted by molar-refractivity contribution is 5.72. The van der Waals surface area contributed by atoms with E-state index in [0.29, 0.717) is 23.9 Å². The summed E-state index contributed by atoms with van der Waals surface area (Å²) in [5.74, 6) is -2.21. The van der Waals surface area contributed by atoms with E-state index in [2.05, 4.69) is 166 Å². The van der Waals surface area contributed by atoms with Gasteiger partial charge in [-0.1, -0.05) is 216 Å². The molecule has 0 aliphatic heterocycles. The van der Waals surface area contributed by atoms with Crippen molar-refractivity contribution in [2.75, 3.05) is 47.5 Å². The Kier molecular flexibility index (Phi) is 51.0. The minimum atomic E-state index is -1.54. The molecule has 0 aromatic rings. The number of hydrogen-bond donors (Lipinski definition) is 1. The Morgan fingerprint density at radius 3 is 1.13 bits per heavy atom. The van der Waals surface area contributed by atoms with E-state index < -0.39 is 30.3 Å². The quantitative estimate of drug-likeness (QED) is 0.0211. The number of rotatable bonds is 49. The number of hydrogen-bond acceptors (Lipinski definition) is 7. The lowest BCUT2D eigenvalue weighted by Crippen LogP contribution is -2.40. The number of esters is 2. The lowest BCUT2D eigenvalue weighted by atomic mass is 10.1. The molecule has 0 radical (unpaired) electrons. The van der Waals surface area contributed by atoms with E-state index in [4.69, 9.17) is 18.9 Å². The van der Waals surface area contributed by atoms with E-state index in [9.17, 15) is 19.5 Å². The van der Waals surface area contributed by atoms with Crippen molar-refractivity contribution in [2.24, 2.45) is 0 Å². The number of carboxylic acid groups (broad SMARTS) is 1. The Hall–Kier alpha value is -5.35. The normalized spacial score (nSPS) is 14.1. The summed E-state index contributed by atoms with van der Waals surface area (Å²) in [6, 6.07) is 0. The average molecular weight is 1040 g/mol. The lowest BCUT2D eigenvalue weighted by Gasteiger charge is -2.25. The predicted molar refractivity (Wildman–Crippen MR) is 317 cm³/mol. The van der Waals surface area contributed by atoms with Crippen LogP contribution in [0.5, 0.6) is 0 Å². The van der Waals surface area contributed by atoms with Gasteiger partial charge in [-0.25, -0.2) is 4.79 Å². The molecule has 0 aliphatic carbocycles. The summed E-state index contributed by atoms with van der Waals surface area (Å²) in [6.45, 7) is 4.47. The van der Waals surface area contributed by atoms with Crippen LogP contribution in [0.25, 0.3) is 0 Å². The van der Waals surface area contributed by atoms with Gasteiger partial charge in [-0.05, 0) is 109 Å². The zero-order valence-electron chi connectivity index (χ0n) is 47.4. The Morgan fingerprint density at radius 2 is 0.760 bits per heavy atom. The minimum Gasteiger partial charge on any atom is -0.477 e. The van der Waals surface area contributed by atoms with Crippen LogP contribution in [0.1, 0.15) is 168 Å². The highest BCUT2D eigenvalue weighted by Crippen LogP contribution is 2.12. The topological polar surface area (TPSA) is 108 Å². The third kappa shape index (κ3) is 56.2. The smallest absolute Gasteiger partial charge is 0.361 e. The lowest BCUT2D eigenvalue weighted by molar-refractivity contribution is -0.870. The summed E-state index contributed by atoms with van der Waals surface area (Å²) in [7, 11) is 5.92. The molecule has 0 spiro atoms. The van der Waals surface area contributed by atoms with Crippen molar-refractivity contribution in [3.63, 3.8) is 0 Å². The zero-order valence-corrected chi connectivity index (χ0v) is 47.4. The van der Waals surface area contributed by atoms with E-state index in [1.807, 2.05) is 33.3 Å². The van der Waals surface area contributed by atoms with Crippen LogP contribution in [0.2, 0.25) is 0 Å². The van der Waals surface area contributed by atoms with Crippen molar-refractivity contribution >= 4 is 17.9 Å². The molecule has 0 bridgehead atoms. The number of aliphatic carboxylic acids is 1. The fourth-order valence-corrected chi connectivity index (χ4v) is 6.72. The molecule has 0 saturated carbocycles. The molecular weight excluding hydrogens is 935 g/mol. The molecule has 418 valence electrons. The van der Waals surface area contributed by atoms with Crippen LogP contribution in [-0.2, 0) is 33.3 Å². The number of allylic oxidation sites excluding steroid dienone is 27. The third-order valence-electron chi connectivity index (χ3n) is 11.0. The molecule has 0 aliphatic rings. The Bertz CT molecular complexity index is 1830. The summed E-state index contributed by atoms with van der Waals surface area (Å²) in [5.41, 5.74) is 0. The number of ether oxygens (including phenoxy) is 4. The second-order valence-corrected chi connectivity index (χ2v) is 19.1. The van der Waals surface area contributed by atoms with Crippen molar-refractivity contribution in [3.8, 4) is 0 Å². The second kappa shape index (κ2) is 54.9. The molecule has 0 amide bonds. The maximum Gasteiger partial charge on any atom is 0.361 e. The number of carbonyl (C=O) groups is 3. The number of nitrogens with zero attached hydrogens (tertiary/aromatic N) is 1. The standard InChI is InChI=1S/C66H101NO8/c1-6-8-10-12-14-16-18-20-22-23-24-25-26-27-28-29-30-31-32-33-34-35-36-37-38-39-40-41-43-45-47-49-51-53-55-57-64(69)75-62(61-74-66(65(70)71)72-59-58-67(3,4)5)60-73-63(68)56-54-52-50-48-46-44-42-21-19-17-15-13-11-9-7-2/h8-11,14-17,20-22,24-25,27-28,30-31,33-34,36-37,39-40,42,46,48,52,54,62,66H,6-7,12-13,18-19,23,26,29,32,35,38,41,43-45,47,49-51,53,55-61H2,1-5H3/p+1/b10-8-,11-9-,16-14-,17-15-,22-20-,25-24-,28-27-,31-30-,34-33-,37-36-,40-39-,42-21-,48-46-,54-52-. The van der Waals surface area contributed by atoms with Crippen LogP contribution < -0.4 is 0 Å². The van der Waals surface area contributed by atoms with Crippen LogP contribution in [0.4, 0.5) is 0 Å². The molecule has 1 N–H and O–H groups in total. The molecule has 0 heterocycles. The first-order valence-corrected chi connectivity index (χ1v) is 28.3. The molecule has 0 aromatic heterocycles. The van der Waals surface area contributed by atoms with Gasteiger partial charge in [0, 0.05) is 6.42 Å². The first-order valence-electron chi connectivity index (χ1n) is 28.3. The molecule has 0 saturated heterocycles. The Morgan fingerprint density at radius 1 is 0.413 bits per heavy atom. The van der Waals surface area contributed by atoms with Gasteiger partial charge in [0.15, 0.2) is 6.10 Å². The van der Waals surface area contributed by atoms with Gasteiger partial charge in [0.05, 0.1) is 40.8 Å². The van der Waals surface area contributed by atoms with Crippen LogP contribution in [0.3, 0.4) is 0 Å². The van der Waals surface area contributed by atoms with Crippen LogP contribution in [0, 0.1) is 0 Å². The van der Waals surface area contributed by atoms with E-state index >= 15 is 0 Å². The third-order valence-corrected chi connectivity index (χ3v) is 11.0. The van der Waals surface area contributed by atoms with Crippen molar-refractivity contribution < 1.29 is 42.9 Å². The molecule has 9 nitrogen and oxygen atoms in total. The maximum absolute atomic E-state index is 12.8. The molecule has 0 fully saturated rings. The highest BCUT2D eigenvalue weighted by Gasteiger charge is 2.25. The zero-order chi connectivity index (χ0) is 54.8. The summed E-state index contributed by atoms with van der Waals surface area (Å²) in [6.07, 6.45) is 80.4. The Balaban J connectivity index is 4.34. The summed E-state index contributed by atoms with van der Waals surface area (Å²) < 4.78 is 22.7. The van der Waals surface area contributed by atoms with Gasteiger partial charge in [0.25, 0.3) is 6.29 Å². The number of carboxylic acids is 1. The maximum atomic E-state index is 12.8. The SMILES string of the molecule is CC/C=C\C/C=C\C/C=C\C/C=C\C/C=C\C/C=C\C/C=C\C/C=C\C/C=C\CCCCCCCCCC(=O)OC(COC(=O)C/C=C\C/C=C\C/C=C\C/C=C\C/C=C\CC)COC(OCC[N+](C)(C)C)C(=O)O. The molecule has 2 unspecified atom stereocenters. The van der Waals surface area contributed by atoms with Gasteiger partial charge in [0.2, 0.25) is 0 Å². The van der Waals surface area contributed by atoms with Crippen molar-refractivity contribution in [3.05, 3.63) is 170 Å². The van der Waals surface area contributed by atoms with Gasteiger partial charge in [0.1, 0.15) is 13.2 Å². The van der Waals surface area contributed by atoms with Gasteiger partial charge in [-0.2, -0.15) is 0 Å². The minimum absolute atomic E-state index is 0.0571. The molecule has 9 heteroatoms. The second-order valence-electron chi connectivity index (χ2n) is 19.1. The summed E-state index contributed by atoms with van der Waals surface area (Å²) in [5, 5.41) is 9.68. The largest absolute Gasteiger partial charge is 0.477 e.